The summed E-state index contributed by atoms with van der Waals surface area (Å²) in [6.07, 6.45) is 2.01. The molecule has 4 rings (SSSR count). The summed E-state index contributed by atoms with van der Waals surface area (Å²) in [4.78, 5) is 12.7. The van der Waals surface area contributed by atoms with Crippen LogP contribution in [0, 0.1) is 19.7 Å². The standard InChI is InChI=1S/C21H20FN3O/c1-13-7-8-14(2)19(11-13)25-20(21(26)23-15-9-10-15)12-18(24-25)16-5-3-4-6-17(16)22/h3-8,11-12,15H,9-10H2,1-2H3,(H,23,26). The molecule has 1 saturated carbocycles. The first-order valence-electron chi connectivity index (χ1n) is 8.76. The Bertz CT molecular complexity index is 989. The maximum absolute atomic E-state index is 14.2. The Balaban J connectivity index is 1.86. The molecule has 4 nitrogen and oxygen atoms in total. The molecule has 1 heterocycles. The van der Waals surface area contributed by atoms with Gasteiger partial charge < -0.3 is 5.32 Å². The number of hydrogen-bond donors (Lipinski definition) is 1. The number of halogens is 1. The number of aromatic nitrogens is 2. The highest BCUT2D eigenvalue weighted by atomic mass is 19.1. The van der Waals surface area contributed by atoms with Crippen molar-refractivity contribution >= 4 is 5.91 Å². The van der Waals surface area contributed by atoms with Crippen LogP contribution in [-0.2, 0) is 0 Å². The lowest BCUT2D eigenvalue weighted by molar-refractivity contribution is 0.0943. The van der Waals surface area contributed by atoms with Gasteiger partial charge in [-0.05, 0) is 62.1 Å². The van der Waals surface area contributed by atoms with Gasteiger partial charge in [0.15, 0.2) is 0 Å². The van der Waals surface area contributed by atoms with E-state index in [-0.39, 0.29) is 17.8 Å². The van der Waals surface area contributed by atoms with Crippen LogP contribution < -0.4 is 5.32 Å². The predicted molar refractivity (Wildman–Crippen MR) is 98.9 cm³/mol. The minimum Gasteiger partial charge on any atom is -0.348 e. The Morgan fingerprint density at radius 3 is 2.65 bits per heavy atom. The van der Waals surface area contributed by atoms with Crippen molar-refractivity contribution in [3.8, 4) is 16.9 Å². The third-order valence-corrected chi connectivity index (χ3v) is 4.60. The molecule has 0 saturated heterocycles. The third kappa shape index (κ3) is 3.12. The lowest BCUT2D eigenvalue weighted by atomic mass is 10.1. The highest BCUT2D eigenvalue weighted by Gasteiger charge is 2.27. The topological polar surface area (TPSA) is 46.9 Å². The molecule has 0 atom stereocenters. The van der Waals surface area contributed by atoms with Crippen molar-refractivity contribution in [1.82, 2.24) is 15.1 Å². The monoisotopic (exact) mass is 349 g/mol. The number of hydrogen-bond acceptors (Lipinski definition) is 2. The molecule has 2 aromatic carbocycles. The highest BCUT2D eigenvalue weighted by molar-refractivity contribution is 5.94. The van der Waals surface area contributed by atoms with Crippen molar-refractivity contribution in [2.75, 3.05) is 0 Å². The summed E-state index contributed by atoms with van der Waals surface area (Å²) >= 11 is 0. The second kappa shape index (κ2) is 6.41. The van der Waals surface area contributed by atoms with E-state index in [1.165, 1.54) is 6.07 Å². The first-order chi connectivity index (χ1) is 12.5. The van der Waals surface area contributed by atoms with Crippen LogP contribution in [0.2, 0.25) is 0 Å². The minimum atomic E-state index is -0.354. The zero-order valence-corrected chi connectivity index (χ0v) is 14.8. The van der Waals surface area contributed by atoms with Crippen molar-refractivity contribution in [2.24, 2.45) is 0 Å². The van der Waals surface area contributed by atoms with Crippen LogP contribution in [0.25, 0.3) is 16.9 Å². The van der Waals surface area contributed by atoms with Crippen LogP contribution in [0.4, 0.5) is 4.39 Å². The fourth-order valence-corrected chi connectivity index (χ4v) is 2.96. The summed E-state index contributed by atoms with van der Waals surface area (Å²) in [7, 11) is 0. The van der Waals surface area contributed by atoms with Crippen LogP contribution in [-0.4, -0.2) is 21.7 Å². The summed E-state index contributed by atoms with van der Waals surface area (Å²) in [5, 5.41) is 7.58. The minimum absolute atomic E-state index is 0.177. The maximum Gasteiger partial charge on any atom is 0.270 e. The number of amides is 1. The van der Waals surface area contributed by atoms with Gasteiger partial charge in [0.1, 0.15) is 11.5 Å². The van der Waals surface area contributed by atoms with Gasteiger partial charge in [-0.3, -0.25) is 4.79 Å². The van der Waals surface area contributed by atoms with Gasteiger partial charge in [-0.2, -0.15) is 5.10 Å². The van der Waals surface area contributed by atoms with Crippen LogP contribution in [0.5, 0.6) is 0 Å². The van der Waals surface area contributed by atoms with Crippen molar-refractivity contribution in [3.63, 3.8) is 0 Å². The SMILES string of the molecule is Cc1ccc(C)c(-n2nc(-c3ccccc3F)cc2C(=O)NC2CC2)c1. The number of carbonyl (C=O) groups is 1. The van der Waals surface area contributed by atoms with E-state index < -0.39 is 0 Å². The summed E-state index contributed by atoms with van der Waals surface area (Å²) in [6.45, 7) is 3.97. The van der Waals surface area contributed by atoms with Gasteiger partial charge in [-0.25, -0.2) is 9.07 Å². The van der Waals surface area contributed by atoms with E-state index in [4.69, 9.17) is 0 Å². The normalized spacial score (nSPS) is 13.7. The van der Waals surface area contributed by atoms with Crippen molar-refractivity contribution in [1.29, 1.82) is 0 Å². The van der Waals surface area contributed by atoms with E-state index in [1.54, 1.807) is 28.9 Å². The fourth-order valence-electron chi connectivity index (χ4n) is 2.96. The number of rotatable bonds is 4. The number of nitrogens with one attached hydrogen (secondary N) is 1. The van der Waals surface area contributed by atoms with Gasteiger partial charge in [0.25, 0.3) is 5.91 Å². The first-order valence-corrected chi connectivity index (χ1v) is 8.76. The quantitative estimate of drug-likeness (QED) is 0.768. The van der Waals surface area contributed by atoms with E-state index in [0.29, 0.717) is 17.0 Å². The molecule has 1 aliphatic carbocycles. The maximum atomic E-state index is 14.2. The number of benzene rings is 2. The Hall–Kier alpha value is -2.95. The fraction of sp³-hybridized carbons (Fsp3) is 0.238. The Labute approximate surface area is 151 Å². The number of carbonyl (C=O) groups excluding carboxylic acids is 1. The lowest BCUT2D eigenvalue weighted by Crippen LogP contribution is -2.27. The number of aryl methyl sites for hydroxylation is 2. The molecule has 3 aromatic rings. The largest absolute Gasteiger partial charge is 0.348 e. The lowest BCUT2D eigenvalue weighted by Gasteiger charge is -2.11. The summed E-state index contributed by atoms with van der Waals surface area (Å²) in [5.74, 6) is -0.532. The highest BCUT2D eigenvalue weighted by Crippen LogP contribution is 2.27. The van der Waals surface area contributed by atoms with Gasteiger partial charge in [-0.1, -0.05) is 24.3 Å². The van der Waals surface area contributed by atoms with Gasteiger partial charge in [0, 0.05) is 11.6 Å². The average Bonchev–Trinajstić information content (AvgIpc) is 3.32. The van der Waals surface area contributed by atoms with Crippen LogP contribution in [0.1, 0.15) is 34.5 Å². The van der Waals surface area contributed by atoms with Crippen molar-refractivity contribution in [3.05, 3.63) is 71.2 Å². The Morgan fingerprint density at radius 2 is 1.92 bits per heavy atom. The zero-order valence-electron chi connectivity index (χ0n) is 14.8. The molecule has 0 unspecified atom stereocenters. The van der Waals surface area contributed by atoms with Crippen molar-refractivity contribution < 1.29 is 9.18 Å². The summed E-state index contributed by atoms with van der Waals surface area (Å²) in [5.41, 5.74) is 4.15. The van der Waals surface area contributed by atoms with E-state index in [1.807, 2.05) is 32.0 Å². The van der Waals surface area contributed by atoms with Crippen LogP contribution in [0.3, 0.4) is 0 Å². The molecule has 26 heavy (non-hydrogen) atoms. The smallest absolute Gasteiger partial charge is 0.270 e. The zero-order chi connectivity index (χ0) is 18.3. The second-order valence-electron chi connectivity index (χ2n) is 6.84. The average molecular weight is 349 g/mol. The number of nitrogens with zero attached hydrogens (tertiary/aromatic N) is 2. The molecular weight excluding hydrogens is 329 g/mol. The Morgan fingerprint density at radius 1 is 1.15 bits per heavy atom. The Kier molecular flexibility index (Phi) is 4.07. The van der Waals surface area contributed by atoms with Gasteiger partial charge in [0.2, 0.25) is 0 Å². The van der Waals surface area contributed by atoms with Gasteiger partial charge >= 0.3 is 0 Å². The second-order valence-corrected chi connectivity index (χ2v) is 6.84. The molecule has 1 amide bonds. The van der Waals surface area contributed by atoms with E-state index in [9.17, 15) is 9.18 Å². The van der Waals surface area contributed by atoms with Crippen LogP contribution >= 0.6 is 0 Å². The first kappa shape index (κ1) is 16.5. The molecule has 5 heteroatoms. The van der Waals surface area contributed by atoms with Crippen molar-refractivity contribution in [2.45, 2.75) is 32.7 Å². The third-order valence-electron chi connectivity index (χ3n) is 4.60. The molecule has 0 spiro atoms. The molecule has 1 fully saturated rings. The van der Waals surface area contributed by atoms with E-state index in [0.717, 1.165) is 29.7 Å². The van der Waals surface area contributed by atoms with Gasteiger partial charge in [-0.15, -0.1) is 0 Å². The molecule has 1 aliphatic rings. The molecule has 132 valence electrons. The molecule has 1 aromatic heterocycles. The molecular formula is C21H20FN3O. The predicted octanol–water partition coefficient (Wildman–Crippen LogP) is 4.19. The van der Waals surface area contributed by atoms with Crippen LogP contribution in [0.15, 0.2) is 48.5 Å². The van der Waals surface area contributed by atoms with E-state index >= 15 is 0 Å². The molecule has 0 radical (unpaired) electrons. The molecule has 1 N–H and O–H groups in total. The summed E-state index contributed by atoms with van der Waals surface area (Å²) in [6, 6.07) is 14.4. The molecule has 0 bridgehead atoms. The molecule has 0 aliphatic heterocycles. The van der Waals surface area contributed by atoms with E-state index in [2.05, 4.69) is 10.4 Å². The van der Waals surface area contributed by atoms with Gasteiger partial charge in [0.05, 0.1) is 11.4 Å². The summed E-state index contributed by atoms with van der Waals surface area (Å²) < 4.78 is 15.9.